The largest absolute Gasteiger partial charge is 0.363 e. The van der Waals surface area contributed by atoms with E-state index in [-0.39, 0.29) is 18.3 Å². The quantitative estimate of drug-likeness (QED) is 0.802. The number of carbonyl (C=O) groups is 1. The summed E-state index contributed by atoms with van der Waals surface area (Å²) in [6.45, 7) is 3.06. The molecule has 1 aromatic rings. The summed E-state index contributed by atoms with van der Waals surface area (Å²) in [5.74, 6) is -0.467. The van der Waals surface area contributed by atoms with Crippen molar-refractivity contribution in [3.8, 4) is 0 Å². The van der Waals surface area contributed by atoms with Crippen molar-refractivity contribution in [3.63, 3.8) is 0 Å². The first-order chi connectivity index (χ1) is 8.58. The Hall–Kier alpha value is -1.62. The molecule has 0 aliphatic carbocycles. The standard InChI is InChI=1S/C13H20FN3O/c1-3-6-16-13(18)9-17(2)12-5-4-10(8-15)7-11(12)14/h4-5,7H,3,6,8-9,15H2,1-2H3,(H,16,18). The van der Waals surface area contributed by atoms with Crippen LogP contribution >= 0.6 is 0 Å². The van der Waals surface area contributed by atoms with Crippen LogP contribution < -0.4 is 16.0 Å². The van der Waals surface area contributed by atoms with E-state index in [1.807, 2.05) is 6.92 Å². The molecule has 0 heterocycles. The van der Waals surface area contributed by atoms with Gasteiger partial charge in [-0.15, -0.1) is 0 Å². The van der Waals surface area contributed by atoms with Crippen molar-refractivity contribution >= 4 is 11.6 Å². The molecule has 0 saturated heterocycles. The highest BCUT2D eigenvalue weighted by molar-refractivity contribution is 5.81. The van der Waals surface area contributed by atoms with Crippen LogP contribution in [0, 0.1) is 5.82 Å². The van der Waals surface area contributed by atoms with Gasteiger partial charge in [0.1, 0.15) is 5.82 Å². The number of nitrogens with two attached hydrogens (primary N) is 1. The van der Waals surface area contributed by atoms with E-state index in [2.05, 4.69) is 5.32 Å². The molecule has 5 heteroatoms. The number of benzene rings is 1. The highest BCUT2D eigenvalue weighted by Crippen LogP contribution is 2.18. The zero-order valence-corrected chi connectivity index (χ0v) is 10.9. The molecule has 0 spiro atoms. The molecule has 4 nitrogen and oxygen atoms in total. The highest BCUT2D eigenvalue weighted by atomic mass is 19.1. The molecular weight excluding hydrogens is 233 g/mol. The number of hydrogen-bond donors (Lipinski definition) is 2. The van der Waals surface area contributed by atoms with Crippen molar-refractivity contribution in [2.45, 2.75) is 19.9 Å². The molecule has 1 amide bonds. The molecule has 3 N–H and O–H groups in total. The SMILES string of the molecule is CCCNC(=O)CN(C)c1ccc(CN)cc1F. The van der Waals surface area contributed by atoms with Crippen LogP contribution in [-0.4, -0.2) is 26.0 Å². The molecule has 18 heavy (non-hydrogen) atoms. The third-order valence-corrected chi connectivity index (χ3v) is 2.61. The molecule has 0 radical (unpaired) electrons. The number of anilines is 1. The summed E-state index contributed by atoms with van der Waals surface area (Å²) in [5, 5.41) is 2.75. The fourth-order valence-electron chi connectivity index (χ4n) is 1.61. The lowest BCUT2D eigenvalue weighted by Gasteiger charge is -2.19. The van der Waals surface area contributed by atoms with E-state index >= 15 is 0 Å². The van der Waals surface area contributed by atoms with Crippen molar-refractivity contribution in [1.29, 1.82) is 0 Å². The molecule has 1 aromatic carbocycles. The Labute approximate surface area is 107 Å². The topological polar surface area (TPSA) is 58.4 Å². The average molecular weight is 253 g/mol. The summed E-state index contributed by atoms with van der Waals surface area (Å²) < 4.78 is 13.8. The lowest BCUT2D eigenvalue weighted by Crippen LogP contribution is -2.35. The van der Waals surface area contributed by atoms with Gasteiger partial charge in [-0.05, 0) is 24.1 Å². The predicted octanol–water partition coefficient (Wildman–Crippen LogP) is 1.25. The van der Waals surface area contributed by atoms with E-state index in [4.69, 9.17) is 5.73 Å². The number of hydrogen-bond acceptors (Lipinski definition) is 3. The van der Waals surface area contributed by atoms with Gasteiger partial charge in [0.05, 0.1) is 12.2 Å². The van der Waals surface area contributed by atoms with Crippen LogP contribution in [0.2, 0.25) is 0 Å². The summed E-state index contributed by atoms with van der Waals surface area (Å²) in [5.41, 5.74) is 6.57. The minimum Gasteiger partial charge on any atom is -0.363 e. The van der Waals surface area contributed by atoms with Gasteiger partial charge in [-0.3, -0.25) is 4.79 Å². The molecule has 0 unspecified atom stereocenters. The fraction of sp³-hybridized carbons (Fsp3) is 0.462. The molecule has 1 rings (SSSR count). The number of nitrogens with zero attached hydrogens (tertiary/aromatic N) is 1. The van der Waals surface area contributed by atoms with E-state index in [0.717, 1.165) is 12.0 Å². The van der Waals surface area contributed by atoms with Gasteiger partial charge in [-0.2, -0.15) is 0 Å². The van der Waals surface area contributed by atoms with Crippen LogP contribution in [0.25, 0.3) is 0 Å². The molecule has 0 aromatic heterocycles. The Balaban J connectivity index is 2.66. The molecule has 0 aliphatic rings. The lowest BCUT2D eigenvalue weighted by molar-refractivity contribution is -0.119. The number of halogens is 1. The maximum Gasteiger partial charge on any atom is 0.239 e. The maximum absolute atomic E-state index is 13.8. The summed E-state index contributed by atoms with van der Waals surface area (Å²) in [7, 11) is 1.69. The van der Waals surface area contributed by atoms with Crippen molar-refractivity contribution in [3.05, 3.63) is 29.6 Å². The molecule has 0 atom stereocenters. The van der Waals surface area contributed by atoms with Crippen LogP contribution in [0.4, 0.5) is 10.1 Å². The third kappa shape index (κ3) is 4.00. The second kappa shape index (κ2) is 6.96. The lowest BCUT2D eigenvalue weighted by atomic mass is 10.2. The monoisotopic (exact) mass is 253 g/mol. The van der Waals surface area contributed by atoms with Gasteiger partial charge in [-0.1, -0.05) is 13.0 Å². The fourth-order valence-corrected chi connectivity index (χ4v) is 1.61. The first-order valence-corrected chi connectivity index (χ1v) is 6.04. The minimum atomic E-state index is -0.358. The minimum absolute atomic E-state index is 0.110. The number of carbonyl (C=O) groups excluding carboxylic acids is 1. The number of amides is 1. The van der Waals surface area contributed by atoms with Crippen LogP contribution in [0.3, 0.4) is 0 Å². The summed E-state index contributed by atoms with van der Waals surface area (Å²) in [4.78, 5) is 13.1. The Morgan fingerprint density at radius 2 is 2.22 bits per heavy atom. The molecule has 0 saturated carbocycles. The van der Waals surface area contributed by atoms with E-state index in [1.54, 1.807) is 24.1 Å². The van der Waals surface area contributed by atoms with Gasteiger partial charge in [0, 0.05) is 20.1 Å². The highest BCUT2D eigenvalue weighted by Gasteiger charge is 2.11. The third-order valence-electron chi connectivity index (χ3n) is 2.61. The van der Waals surface area contributed by atoms with E-state index in [0.29, 0.717) is 18.8 Å². The summed E-state index contributed by atoms with van der Waals surface area (Å²) >= 11 is 0. The molecule has 0 aliphatic heterocycles. The van der Waals surface area contributed by atoms with Crippen LogP contribution in [-0.2, 0) is 11.3 Å². The number of rotatable bonds is 6. The maximum atomic E-state index is 13.8. The second-order valence-corrected chi connectivity index (χ2v) is 4.20. The number of likely N-dealkylation sites (N-methyl/N-ethyl adjacent to an activating group) is 1. The predicted molar refractivity (Wildman–Crippen MR) is 70.9 cm³/mol. The van der Waals surface area contributed by atoms with Crippen molar-refractivity contribution < 1.29 is 9.18 Å². The Kier molecular flexibility index (Phi) is 5.58. The van der Waals surface area contributed by atoms with E-state index in [9.17, 15) is 9.18 Å². The zero-order chi connectivity index (χ0) is 13.5. The molecule has 0 fully saturated rings. The zero-order valence-electron chi connectivity index (χ0n) is 10.9. The second-order valence-electron chi connectivity index (χ2n) is 4.20. The van der Waals surface area contributed by atoms with Crippen molar-refractivity contribution in [1.82, 2.24) is 5.32 Å². The van der Waals surface area contributed by atoms with Gasteiger partial charge < -0.3 is 16.0 Å². The summed E-state index contributed by atoms with van der Waals surface area (Å²) in [6.07, 6.45) is 0.884. The van der Waals surface area contributed by atoms with Gasteiger partial charge in [0.25, 0.3) is 0 Å². The van der Waals surface area contributed by atoms with Gasteiger partial charge in [0.2, 0.25) is 5.91 Å². The van der Waals surface area contributed by atoms with E-state index < -0.39 is 0 Å². The first kappa shape index (κ1) is 14.4. The van der Waals surface area contributed by atoms with E-state index in [1.165, 1.54) is 6.07 Å². The first-order valence-electron chi connectivity index (χ1n) is 6.04. The summed E-state index contributed by atoms with van der Waals surface area (Å²) in [6, 6.07) is 4.80. The van der Waals surface area contributed by atoms with Gasteiger partial charge in [0.15, 0.2) is 0 Å². The van der Waals surface area contributed by atoms with Crippen molar-refractivity contribution in [2.24, 2.45) is 5.73 Å². The Morgan fingerprint density at radius 3 is 2.78 bits per heavy atom. The normalized spacial score (nSPS) is 10.2. The molecule has 100 valence electrons. The van der Waals surface area contributed by atoms with Gasteiger partial charge >= 0.3 is 0 Å². The average Bonchev–Trinajstić information content (AvgIpc) is 2.35. The Bertz CT molecular complexity index is 409. The van der Waals surface area contributed by atoms with Crippen LogP contribution in [0.1, 0.15) is 18.9 Å². The van der Waals surface area contributed by atoms with Gasteiger partial charge in [-0.25, -0.2) is 4.39 Å². The Morgan fingerprint density at radius 1 is 1.50 bits per heavy atom. The molecular formula is C13H20FN3O. The number of nitrogens with one attached hydrogen (secondary N) is 1. The van der Waals surface area contributed by atoms with Crippen LogP contribution in [0.5, 0.6) is 0 Å². The van der Waals surface area contributed by atoms with Crippen molar-refractivity contribution in [2.75, 3.05) is 25.0 Å². The van der Waals surface area contributed by atoms with Crippen LogP contribution in [0.15, 0.2) is 18.2 Å². The smallest absolute Gasteiger partial charge is 0.239 e. The molecule has 0 bridgehead atoms.